The van der Waals surface area contributed by atoms with Gasteiger partial charge < -0.3 is 9.64 Å². The van der Waals surface area contributed by atoms with Gasteiger partial charge in [0.1, 0.15) is 6.54 Å². The number of hydrogen-bond acceptors (Lipinski definition) is 4. The minimum Gasteiger partial charge on any atom is -0.379 e. The second-order valence-corrected chi connectivity index (χ2v) is 6.22. The number of nitrogens with zero attached hydrogens (tertiary/aromatic N) is 4. The molecule has 1 unspecified atom stereocenters. The zero-order valence-electron chi connectivity index (χ0n) is 14.0. The smallest absolute Gasteiger partial charge is 0.379 e. The van der Waals surface area contributed by atoms with Crippen LogP contribution in [0.5, 0.6) is 0 Å². The van der Waals surface area contributed by atoms with Gasteiger partial charge in [0.15, 0.2) is 5.65 Å². The van der Waals surface area contributed by atoms with Crippen LogP contribution >= 0.6 is 0 Å². The van der Waals surface area contributed by atoms with E-state index in [2.05, 4.69) is 10.1 Å². The lowest BCUT2D eigenvalue weighted by Crippen LogP contribution is -2.49. The Bertz CT molecular complexity index is 782. The first-order valence-corrected chi connectivity index (χ1v) is 8.01. The highest BCUT2D eigenvalue weighted by Crippen LogP contribution is 2.25. The maximum atomic E-state index is 13.0. The number of alkyl halides is 3. The molecule has 0 saturated carbocycles. The van der Waals surface area contributed by atoms with Gasteiger partial charge in [0, 0.05) is 25.2 Å². The standard InChI is InChI=1S/C16H19F3N4O2/c1-10-13-6-11(7-20-14(13)22(2)21-10)15(24)23(9-16(17,18)19)12-4-3-5-25-8-12/h6-7,12H,3-5,8-9H2,1-2H3. The maximum Gasteiger partial charge on any atom is 0.406 e. The summed E-state index contributed by atoms with van der Waals surface area (Å²) in [5.74, 6) is -0.689. The Labute approximate surface area is 142 Å². The lowest BCUT2D eigenvalue weighted by molar-refractivity contribution is -0.148. The highest BCUT2D eigenvalue weighted by Gasteiger charge is 2.37. The molecule has 0 spiro atoms. The normalized spacial score (nSPS) is 18.5. The predicted octanol–water partition coefficient (Wildman–Crippen LogP) is 2.46. The van der Waals surface area contributed by atoms with Crippen LogP contribution < -0.4 is 0 Å². The summed E-state index contributed by atoms with van der Waals surface area (Å²) in [6.45, 7) is 1.08. The SMILES string of the molecule is Cc1nn(C)c2ncc(C(=O)N(CC(F)(F)F)C3CCCOC3)cc12. The van der Waals surface area contributed by atoms with Gasteiger partial charge in [0.2, 0.25) is 0 Å². The summed E-state index contributed by atoms with van der Waals surface area (Å²) < 4.78 is 45.8. The topological polar surface area (TPSA) is 60.2 Å². The number of aryl methyl sites for hydroxylation is 2. The van der Waals surface area contributed by atoms with Crippen molar-refractivity contribution in [2.24, 2.45) is 7.05 Å². The molecule has 1 aliphatic heterocycles. The largest absolute Gasteiger partial charge is 0.406 e. The van der Waals surface area contributed by atoms with Crippen molar-refractivity contribution in [3.63, 3.8) is 0 Å². The Morgan fingerprint density at radius 1 is 1.48 bits per heavy atom. The molecule has 1 fully saturated rings. The average Bonchev–Trinajstić information content (AvgIpc) is 2.86. The molecule has 2 aromatic heterocycles. The zero-order chi connectivity index (χ0) is 18.2. The van der Waals surface area contributed by atoms with E-state index in [-0.39, 0.29) is 12.2 Å². The molecule has 3 heterocycles. The fourth-order valence-corrected chi connectivity index (χ4v) is 3.12. The average molecular weight is 356 g/mol. The molecule has 1 atom stereocenters. The highest BCUT2D eigenvalue weighted by atomic mass is 19.4. The van der Waals surface area contributed by atoms with Gasteiger partial charge >= 0.3 is 6.18 Å². The summed E-state index contributed by atoms with van der Waals surface area (Å²) in [4.78, 5) is 17.8. The van der Waals surface area contributed by atoms with Crippen molar-refractivity contribution in [3.8, 4) is 0 Å². The summed E-state index contributed by atoms with van der Waals surface area (Å²) in [5, 5.41) is 4.87. The first-order valence-electron chi connectivity index (χ1n) is 8.01. The Balaban J connectivity index is 1.94. The summed E-state index contributed by atoms with van der Waals surface area (Å²) in [7, 11) is 1.72. The molecule has 1 saturated heterocycles. The maximum absolute atomic E-state index is 13.0. The fraction of sp³-hybridized carbons (Fsp3) is 0.562. The Hall–Kier alpha value is -2.16. The van der Waals surface area contributed by atoms with Crippen LogP contribution in [-0.2, 0) is 11.8 Å². The molecule has 9 heteroatoms. The van der Waals surface area contributed by atoms with Gasteiger partial charge in [-0.1, -0.05) is 0 Å². The molecule has 0 bridgehead atoms. The van der Waals surface area contributed by atoms with E-state index in [1.807, 2.05) is 0 Å². The number of carbonyl (C=O) groups excluding carboxylic acids is 1. The first kappa shape index (κ1) is 17.7. The van der Waals surface area contributed by atoms with E-state index in [1.54, 1.807) is 24.7 Å². The molecule has 1 amide bonds. The van der Waals surface area contributed by atoms with Crippen molar-refractivity contribution >= 4 is 16.9 Å². The monoisotopic (exact) mass is 356 g/mol. The van der Waals surface area contributed by atoms with Crippen LogP contribution in [0.1, 0.15) is 28.9 Å². The summed E-state index contributed by atoms with van der Waals surface area (Å²) >= 11 is 0. The predicted molar refractivity (Wildman–Crippen MR) is 84.2 cm³/mol. The van der Waals surface area contributed by atoms with Gasteiger partial charge in [-0.25, -0.2) is 4.98 Å². The lowest BCUT2D eigenvalue weighted by Gasteiger charge is -2.34. The number of ether oxygens (including phenoxy) is 1. The van der Waals surface area contributed by atoms with Gasteiger partial charge in [-0.05, 0) is 25.8 Å². The Morgan fingerprint density at radius 3 is 2.88 bits per heavy atom. The number of hydrogen-bond donors (Lipinski definition) is 0. The van der Waals surface area contributed by atoms with Gasteiger partial charge in [0.25, 0.3) is 5.91 Å². The van der Waals surface area contributed by atoms with Crippen LogP contribution in [0.4, 0.5) is 13.2 Å². The van der Waals surface area contributed by atoms with Crippen LogP contribution in [0.2, 0.25) is 0 Å². The van der Waals surface area contributed by atoms with E-state index in [9.17, 15) is 18.0 Å². The number of amides is 1. The lowest BCUT2D eigenvalue weighted by atomic mass is 10.1. The van der Waals surface area contributed by atoms with Gasteiger partial charge in [-0.3, -0.25) is 9.48 Å². The second-order valence-electron chi connectivity index (χ2n) is 6.22. The van der Waals surface area contributed by atoms with Crippen LogP contribution in [-0.4, -0.2) is 57.5 Å². The van der Waals surface area contributed by atoms with E-state index in [0.29, 0.717) is 36.2 Å². The van der Waals surface area contributed by atoms with Crippen molar-refractivity contribution < 1.29 is 22.7 Å². The number of halogens is 3. The minimum absolute atomic E-state index is 0.114. The molecule has 3 rings (SSSR count). The van der Waals surface area contributed by atoms with Crippen LogP contribution in [0.3, 0.4) is 0 Å². The van der Waals surface area contributed by atoms with Gasteiger partial charge in [-0.15, -0.1) is 0 Å². The molecule has 2 aromatic rings. The number of fused-ring (bicyclic) bond motifs is 1. The zero-order valence-corrected chi connectivity index (χ0v) is 14.0. The molecule has 0 N–H and O–H groups in total. The van der Waals surface area contributed by atoms with E-state index in [4.69, 9.17) is 4.74 Å². The Morgan fingerprint density at radius 2 is 2.24 bits per heavy atom. The van der Waals surface area contributed by atoms with E-state index in [0.717, 1.165) is 4.90 Å². The second kappa shape index (κ2) is 6.62. The van der Waals surface area contributed by atoms with Gasteiger partial charge in [-0.2, -0.15) is 18.3 Å². The molecule has 0 aromatic carbocycles. The molecule has 0 aliphatic carbocycles. The molecule has 25 heavy (non-hydrogen) atoms. The number of pyridine rings is 1. The van der Waals surface area contributed by atoms with Crippen molar-refractivity contribution in [1.29, 1.82) is 0 Å². The highest BCUT2D eigenvalue weighted by molar-refractivity contribution is 5.97. The van der Waals surface area contributed by atoms with Crippen molar-refractivity contribution in [2.45, 2.75) is 32.0 Å². The molecule has 6 nitrogen and oxygen atoms in total. The summed E-state index contributed by atoms with van der Waals surface area (Å²) in [6, 6.07) is 0.966. The fourth-order valence-electron chi connectivity index (χ4n) is 3.12. The summed E-state index contributed by atoms with van der Waals surface area (Å²) in [5.41, 5.74) is 1.37. The van der Waals surface area contributed by atoms with E-state index in [1.165, 1.54) is 6.20 Å². The quantitative estimate of drug-likeness (QED) is 0.848. The summed E-state index contributed by atoms with van der Waals surface area (Å²) in [6.07, 6.45) is -2.05. The molecular formula is C16H19F3N4O2. The molecule has 1 aliphatic rings. The number of aromatic nitrogens is 3. The molecular weight excluding hydrogens is 337 g/mol. The number of carbonyl (C=O) groups is 1. The van der Waals surface area contributed by atoms with E-state index >= 15 is 0 Å². The van der Waals surface area contributed by atoms with Crippen molar-refractivity contribution in [1.82, 2.24) is 19.7 Å². The first-order chi connectivity index (χ1) is 11.8. The molecule has 136 valence electrons. The third-order valence-electron chi connectivity index (χ3n) is 4.30. The van der Waals surface area contributed by atoms with Crippen LogP contribution in [0, 0.1) is 6.92 Å². The van der Waals surface area contributed by atoms with Gasteiger partial charge in [0.05, 0.1) is 23.9 Å². The van der Waals surface area contributed by atoms with Crippen LogP contribution in [0.25, 0.3) is 11.0 Å². The van der Waals surface area contributed by atoms with Crippen molar-refractivity contribution in [3.05, 3.63) is 23.5 Å². The van der Waals surface area contributed by atoms with Crippen LogP contribution in [0.15, 0.2) is 12.3 Å². The number of rotatable bonds is 3. The molecule has 0 radical (unpaired) electrons. The minimum atomic E-state index is -4.48. The van der Waals surface area contributed by atoms with E-state index < -0.39 is 24.7 Å². The third-order valence-corrected chi connectivity index (χ3v) is 4.30. The Kier molecular flexibility index (Phi) is 4.68. The third kappa shape index (κ3) is 3.76. The van der Waals surface area contributed by atoms with Crippen molar-refractivity contribution in [2.75, 3.05) is 19.8 Å².